The molecule has 1 aliphatic carbocycles. The highest BCUT2D eigenvalue weighted by atomic mass is 32.2. The second-order valence-corrected chi connectivity index (χ2v) is 10.2. The first kappa shape index (κ1) is 21.3. The smallest absolute Gasteiger partial charge is 0.243 e. The molecule has 0 radical (unpaired) electrons. The van der Waals surface area contributed by atoms with Gasteiger partial charge in [0.2, 0.25) is 15.9 Å². The number of carbonyl (C=O) groups is 1. The summed E-state index contributed by atoms with van der Waals surface area (Å²) in [5.41, 5.74) is 1.16. The van der Waals surface area contributed by atoms with E-state index in [2.05, 4.69) is 12.2 Å². The molecule has 1 unspecified atom stereocenters. The van der Waals surface area contributed by atoms with Crippen LogP contribution in [-0.2, 0) is 21.2 Å². The minimum atomic E-state index is -3.53. The summed E-state index contributed by atoms with van der Waals surface area (Å²) in [6.07, 6.45) is 10.0. The molecular weight excluding hydrogens is 372 g/mol. The highest BCUT2D eigenvalue weighted by molar-refractivity contribution is 7.89. The summed E-state index contributed by atoms with van der Waals surface area (Å²) in [5.74, 6) is 0.223. The zero-order valence-electron chi connectivity index (χ0n) is 17.0. The molecule has 1 N–H and O–H groups in total. The predicted molar refractivity (Wildman–Crippen MR) is 112 cm³/mol. The van der Waals surface area contributed by atoms with Gasteiger partial charge in [-0.25, -0.2) is 8.42 Å². The SMILES string of the molecule is CCCc1ccc(S(=O)(=O)N2CCCCC(NC(=O)C3CCCCC3)C2)cc1. The molecule has 1 amide bonds. The standard InChI is InChI=1S/C22H34N2O3S/c1-2-8-18-12-14-21(15-13-18)28(26,27)24-16-7-6-11-20(17-24)23-22(25)19-9-4-3-5-10-19/h12-15,19-20H,2-11,16-17H2,1H3,(H,23,25). The van der Waals surface area contributed by atoms with Crippen LogP contribution in [-0.4, -0.2) is 37.8 Å². The molecule has 2 fully saturated rings. The van der Waals surface area contributed by atoms with E-state index in [1.54, 1.807) is 16.4 Å². The molecule has 0 bridgehead atoms. The first-order valence-electron chi connectivity index (χ1n) is 10.9. The van der Waals surface area contributed by atoms with Gasteiger partial charge in [-0.2, -0.15) is 4.31 Å². The van der Waals surface area contributed by atoms with Gasteiger partial charge in [-0.15, -0.1) is 0 Å². The number of sulfonamides is 1. The lowest BCUT2D eigenvalue weighted by atomic mass is 9.88. The Kier molecular flexibility index (Phi) is 7.52. The summed E-state index contributed by atoms with van der Waals surface area (Å²) in [5, 5.41) is 3.16. The first-order chi connectivity index (χ1) is 13.5. The van der Waals surface area contributed by atoms with Crippen molar-refractivity contribution in [2.24, 2.45) is 5.92 Å². The Bertz CT molecular complexity index is 740. The second kappa shape index (κ2) is 9.88. The molecule has 1 heterocycles. The number of rotatable bonds is 6. The van der Waals surface area contributed by atoms with Crippen LogP contribution in [0.1, 0.15) is 70.3 Å². The van der Waals surface area contributed by atoms with Crippen molar-refractivity contribution in [1.82, 2.24) is 9.62 Å². The van der Waals surface area contributed by atoms with Crippen molar-refractivity contribution in [2.75, 3.05) is 13.1 Å². The molecule has 1 aliphatic heterocycles. The van der Waals surface area contributed by atoms with Crippen molar-refractivity contribution in [2.45, 2.75) is 82.1 Å². The van der Waals surface area contributed by atoms with E-state index in [0.29, 0.717) is 18.0 Å². The number of nitrogens with zero attached hydrogens (tertiary/aromatic N) is 1. The van der Waals surface area contributed by atoms with Crippen LogP contribution >= 0.6 is 0 Å². The third-order valence-electron chi connectivity index (χ3n) is 6.06. The number of carbonyl (C=O) groups excluding carboxylic acids is 1. The second-order valence-electron chi connectivity index (χ2n) is 8.29. The average molecular weight is 407 g/mol. The Balaban J connectivity index is 1.67. The summed E-state index contributed by atoms with van der Waals surface area (Å²) in [7, 11) is -3.53. The average Bonchev–Trinajstić information content (AvgIpc) is 2.95. The van der Waals surface area contributed by atoms with Crippen molar-refractivity contribution in [1.29, 1.82) is 0 Å². The predicted octanol–water partition coefficient (Wildman–Crippen LogP) is 3.88. The highest BCUT2D eigenvalue weighted by Gasteiger charge is 2.31. The normalized spacial score (nSPS) is 22.5. The summed E-state index contributed by atoms with van der Waals surface area (Å²) in [6, 6.07) is 7.18. The van der Waals surface area contributed by atoms with Crippen LogP contribution in [0.25, 0.3) is 0 Å². The lowest BCUT2D eigenvalue weighted by molar-refractivity contribution is -0.126. The molecule has 156 valence electrons. The van der Waals surface area contributed by atoms with Gasteiger partial charge in [0, 0.05) is 25.0 Å². The quantitative estimate of drug-likeness (QED) is 0.780. The van der Waals surface area contributed by atoms with Crippen LogP contribution in [0.3, 0.4) is 0 Å². The van der Waals surface area contributed by atoms with Crippen LogP contribution in [0.2, 0.25) is 0 Å². The van der Waals surface area contributed by atoms with E-state index in [0.717, 1.165) is 63.4 Å². The van der Waals surface area contributed by atoms with E-state index in [-0.39, 0.29) is 17.9 Å². The highest BCUT2D eigenvalue weighted by Crippen LogP contribution is 2.25. The van der Waals surface area contributed by atoms with Crippen LogP contribution in [0.5, 0.6) is 0 Å². The zero-order chi connectivity index (χ0) is 20.0. The molecule has 0 spiro atoms. The first-order valence-corrected chi connectivity index (χ1v) is 12.3. The van der Waals surface area contributed by atoms with Crippen LogP contribution < -0.4 is 5.32 Å². The van der Waals surface area contributed by atoms with Gasteiger partial charge < -0.3 is 5.32 Å². The third kappa shape index (κ3) is 5.35. The van der Waals surface area contributed by atoms with Gasteiger partial charge in [-0.05, 0) is 49.8 Å². The molecule has 1 aromatic rings. The minimum Gasteiger partial charge on any atom is -0.352 e. The molecule has 0 aromatic heterocycles. The van der Waals surface area contributed by atoms with Gasteiger partial charge in [0.1, 0.15) is 0 Å². The molecule has 6 heteroatoms. The topological polar surface area (TPSA) is 66.5 Å². The van der Waals surface area contributed by atoms with E-state index >= 15 is 0 Å². The summed E-state index contributed by atoms with van der Waals surface area (Å²) in [6.45, 7) is 3.01. The maximum absolute atomic E-state index is 13.2. The van der Waals surface area contributed by atoms with Gasteiger partial charge >= 0.3 is 0 Å². The molecule has 5 nitrogen and oxygen atoms in total. The lowest BCUT2D eigenvalue weighted by Gasteiger charge is -2.27. The molecule has 2 aliphatic rings. The van der Waals surface area contributed by atoms with Gasteiger partial charge in [-0.1, -0.05) is 51.2 Å². The third-order valence-corrected chi connectivity index (χ3v) is 7.94. The summed E-state index contributed by atoms with van der Waals surface area (Å²) in [4.78, 5) is 13.0. The van der Waals surface area contributed by atoms with E-state index in [1.807, 2.05) is 12.1 Å². The number of amides is 1. The Morgan fingerprint density at radius 3 is 2.39 bits per heavy atom. The fraction of sp³-hybridized carbons (Fsp3) is 0.682. The summed E-state index contributed by atoms with van der Waals surface area (Å²) < 4.78 is 27.9. The Morgan fingerprint density at radius 2 is 1.71 bits per heavy atom. The largest absolute Gasteiger partial charge is 0.352 e. The van der Waals surface area contributed by atoms with Crippen molar-refractivity contribution >= 4 is 15.9 Å². The number of aryl methyl sites for hydroxylation is 1. The van der Waals surface area contributed by atoms with E-state index in [9.17, 15) is 13.2 Å². The van der Waals surface area contributed by atoms with Crippen LogP contribution in [0.15, 0.2) is 29.2 Å². The minimum absolute atomic E-state index is 0.0916. The molecule has 1 saturated heterocycles. The fourth-order valence-electron chi connectivity index (χ4n) is 4.39. The number of hydrogen-bond acceptors (Lipinski definition) is 3. The van der Waals surface area contributed by atoms with Crippen molar-refractivity contribution in [3.8, 4) is 0 Å². The van der Waals surface area contributed by atoms with Crippen molar-refractivity contribution < 1.29 is 13.2 Å². The molecule has 3 rings (SSSR count). The van der Waals surface area contributed by atoms with Gasteiger partial charge in [0.05, 0.1) is 4.90 Å². The molecule has 1 atom stereocenters. The van der Waals surface area contributed by atoms with Crippen LogP contribution in [0, 0.1) is 5.92 Å². The fourth-order valence-corrected chi connectivity index (χ4v) is 5.92. The van der Waals surface area contributed by atoms with Gasteiger partial charge in [-0.3, -0.25) is 4.79 Å². The van der Waals surface area contributed by atoms with Crippen LogP contribution in [0.4, 0.5) is 0 Å². The maximum atomic E-state index is 13.2. The maximum Gasteiger partial charge on any atom is 0.243 e. The lowest BCUT2D eigenvalue weighted by Crippen LogP contribution is -2.46. The van der Waals surface area contributed by atoms with E-state index < -0.39 is 10.0 Å². The molecular formula is C22H34N2O3S. The number of benzene rings is 1. The Morgan fingerprint density at radius 1 is 1.04 bits per heavy atom. The Labute approximate surface area is 169 Å². The van der Waals surface area contributed by atoms with Gasteiger partial charge in [0.25, 0.3) is 0 Å². The van der Waals surface area contributed by atoms with E-state index in [1.165, 1.54) is 6.42 Å². The van der Waals surface area contributed by atoms with Gasteiger partial charge in [0.15, 0.2) is 0 Å². The number of hydrogen-bond donors (Lipinski definition) is 1. The zero-order valence-corrected chi connectivity index (χ0v) is 17.8. The van der Waals surface area contributed by atoms with Crippen molar-refractivity contribution in [3.63, 3.8) is 0 Å². The van der Waals surface area contributed by atoms with E-state index in [4.69, 9.17) is 0 Å². The number of nitrogens with one attached hydrogen (secondary N) is 1. The monoisotopic (exact) mass is 406 g/mol. The molecule has 1 aromatic carbocycles. The molecule has 1 saturated carbocycles. The molecule has 28 heavy (non-hydrogen) atoms. The summed E-state index contributed by atoms with van der Waals surface area (Å²) >= 11 is 0. The Hall–Kier alpha value is -1.40. The van der Waals surface area contributed by atoms with Crippen molar-refractivity contribution in [3.05, 3.63) is 29.8 Å².